The van der Waals surface area contributed by atoms with E-state index < -0.39 is 0 Å². The largest absolute Gasteiger partial charge is 0.370 e. The fourth-order valence-corrected chi connectivity index (χ4v) is 2.16. The fraction of sp³-hybridized carbons (Fsp3) is 0.688. The zero-order valence-corrected chi connectivity index (χ0v) is 13.3. The van der Waals surface area contributed by atoms with Gasteiger partial charge in [-0.1, -0.05) is 27.7 Å². The number of pyridine rings is 1. The maximum Gasteiger partial charge on any atom is 0.0571 e. The van der Waals surface area contributed by atoms with Crippen LogP contribution in [0.5, 0.6) is 0 Å². The first-order valence-electron chi connectivity index (χ1n) is 7.32. The molecule has 1 N–H and O–H groups in total. The summed E-state index contributed by atoms with van der Waals surface area (Å²) < 4.78 is 0. The van der Waals surface area contributed by atoms with Gasteiger partial charge in [0.2, 0.25) is 0 Å². The normalized spacial score (nSPS) is 13.1. The summed E-state index contributed by atoms with van der Waals surface area (Å²) >= 11 is 0. The van der Waals surface area contributed by atoms with Crippen LogP contribution in [0.2, 0.25) is 0 Å². The van der Waals surface area contributed by atoms with Crippen molar-refractivity contribution in [2.75, 3.05) is 25.0 Å². The van der Waals surface area contributed by atoms with Crippen molar-refractivity contribution in [2.24, 2.45) is 11.8 Å². The predicted octanol–water partition coefficient (Wildman–Crippen LogP) is 3.48. The molecule has 0 aliphatic heterocycles. The lowest BCUT2D eigenvalue weighted by atomic mass is 10.1. The minimum absolute atomic E-state index is 0.303. The van der Waals surface area contributed by atoms with Gasteiger partial charge in [0.1, 0.15) is 0 Å². The number of rotatable bonds is 7. The Bertz CT molecular complexity index is 347. The van der Waals surface area contributed by atoms with Gasteiger partial charge >= 0.3 is 0 Å². The molecule has 1 aromatic rings. The highest BCUT2D eigenvalue weighted by atomic mass is 15.1. The quantitative estimate of drug-likeness (QED) is 0.816. The highest BCUT2D eigenvalue weighted by Crippen LogP contribution is 2.18. The van der Waals surface area contributed by atoms with Crippen molar-refractivity contribution in [3.8, 4) is 0 Å². The van der Waals surface area contributed by atoms with E-state index in [1.165, 1.54) is 5.69 Å². The van der Waals surface area contributed by atoms with Gasteiger partial charge in [-0.25, -0.2) is 0 Å². The van der Waals surface area contributed by atoms with Crippen LogP contribution in [0.15, 0.2) is 18.3 Å². The highest BCUT2D eigenvalue weighted by molar-refractivity contribution is 5.45. The molecule has 19 heavy (non-hydrogen) atoms. The van der Waals surface area contributed by atoms with E-state index in [0.717, 1.165) is 18.8 Å². The summed E-state index contributed by atoms with van der Waals surface area (Å²) in [6.07, 6.45) is 2.01. The maximum atomic E-state index is 4.58. The second kappa shape index (κ2) is 7.49. The van der Waals surface area contributed by atoms with Crippen LogP contribution >= 0.6 is 0 Å². The van der Waals surface area contributed by atoms with Crippen molar-refractivity contribution in [1.29, 1.82) is 0 Å². The summed E-state index contributed by atoms with van der Waals surface area (Å²) in [5.41, 5.74) is 2.33. The van der Waals surface area contributed by atoms with Gasteiger partial charge in [-0.2, -0.15) is 0 Å². The number of hydrogen-bond donors (Lipinski definition) is 1. The molecule has 0 spiro atoms. The Morgan fingerprint density at radius 1 is 1.05 bits per heavy atom. The highest BCUT2D eigenvalue weighted by Gasteiger charge is 2.12. The third-order valence-electron chi connectivity index (χ3n) is 3.18. The lowest BCUT2D eigenvalue weighted by Crippen LogP contribution is -2.31. The zero-order chi connectivity index (χ0) is 14.4. The van der Waals surface area contributed by atoms with Crippen LogP contribution in [-0.2, 0) is 0 Å². The van der Waals surface area contributed by atoms with E-state index in [2.05, 4.69) is 62.0 Å². The minimum atomic E-state index is 0.303. The van der Waals surface area contributed by atoms with Crippen molar-refractivity contribution >= 4 is 5.69 Å². The molecule has 1 rings (SSSR count). The van der Waals surface area contributed by atoms with Gasteiger partial charge in [0.15, 0.2) is 0 Å². The van der Waals surface area contributed by atoms with Crippen LogP contribution in [0.25, 0.3) is 0 Å². The monoisotopic (exact) mass is 263 g/mol. The summed E-state index contributed by atoms with van der Waals surface area (Å²) in [5.74, 6) is 1.32. The first-order chi connectivity index (χ1) is 8.93. The molecule has 0 aliphatic rings. The van der Waals surface area contributed by atoms with Gasteiger partial charge in [-0.05, 0) is 37.9 Å². The van der Waals surface area contributed by atoms with E-state index in [1.807, 2.05) is 13.2 Å². The Morgan fingerprint density at radius 2 is 1.63 bits per heavy atom. The van der Waals surface area contributed by atoms with E-state index in [1.54, 1.807) is 0 Å². The standard InChI is InChI=1S/C16H29N3/c1-12(2)10-19(11-13(3)4)15-7-8-16(18-9-15)14(5)17-6/h7-9,12-14,17H,10-11H2,1-6H3. The molecule has 1 unspecified atom stereocenters. The van der Waals surface area contributed by atoms with E-state index in [4.69, 9.17) is 0 Å². The number of hydrogen-bond acceptors (Lipinski definition) is 3. The number of anilines is 1. The molecular formula is C16H29N3. The average Bonchev–Trinajstić information content (AvgIpc) is 2.36. The Morgan fingerprint density at radius 3 is 2.00 bits per heavy atom. The average molecular weight is 263 g/mol. The van der Waals surface area contributed by atoms with Gasteiger partial charge in [0.25, 0.3) is 0 Å². The van der Waals surface area contributed by atoms with E-state index >= 15 is 0 Å². The molecule has 1 aromatic heterocycles. The Hall–Kier alpha value is -1.09. The molecule has 3 nitrogen and oxygen atoms in total. The molecule has 108 valence electrons. The van der Waals surface area contributed by atoms with Crippen molar-refractivity contribution in [2.45, 2.75) is 40.7 Å². The van der Waals surface area contributed by atoms with Crippen molar-refractivity contribution in [3.05, 3.63) is 24.0 Å². The number of nitrogens with zero attached hydrogens (tertiary/aromatic N) is 2. The first kappa shape index (κ1) is 16.0. The topological polar surface area (TPSA) is 28.2 Å². The molecule has 1 heterocycles. The maximum absolute atomic E-state index is 4.58. The van der Waals surface area contributed by atoms with Crippen molar-refractivity contribution in [1.82, 2.24) is 10.3 Å². The van der Waals surface area contributed by atoms with Crippen LogP contribution in [0.4, 0.5) is 5.69 Å². The van der Waals surface area contributed by atoms with Crippen LogP contribution < -0.4 is 10.2 Å². The molecule has 3 heteroatoms. The summed E-state index contributed by atoms with van der Waals surface area (Å²) in [6, 6.07) is 4.63. The minimum Gasteiger partial charge on any atom is -0.370 e. The van der Waals surface area contributed by atoms with Crippen LogP contribution in [0.3, 0.4) is 0 Å². The summed E-state index contributed by atoms with van der Waals surface area (Å²) in [7, 11) is 1.96. The smallest absolute Gasteiger partial charge is 0.0571 e. The van der Waals surface area contributed by atoms with Gasteiger partial charge < -0.3 is 10.2 Å². The van der Waals surface area contributed by atoms with Gasteiger partial charge in [0, 0.05) is 19.1 Å². The molecule has 0 saturated heterocycles. The lowest BCUT2D eigenvalue weighted by Gasteiger charge is -2.28. The van der Waals surface area contributed by atoms with Crippen LogP contribution in [0, 0.1) is 11.8 Å². The second-order valence-corrected chi connectivity index (χ2v) is 6.14. The van der Waals surface area contributed by atoms with Crippen molar-refractivity contribution < 1.29 is 0 Å². The molecule has 0 amide bonds. The zero-order valence-electron chi connectivity index (χ0n) is 13.3. The third kappa shape index (κ3) is 5.19. The SMILES string of the molecule is CNC(C)c1ccc(N(CC(C)C)CC(C)C)cn1. The lowest BCUT2D eigenvalue weighted by molar-refractivity contribution is 0.551. The third-order valence-corrected chi connectivity index (χ3v) is 3.18. The molecule has 0 bridgehead atoms. The molecule has 0 aromatic carbocycles. The molecule has 0 fully saturated rings. The number of aromatic nitrogens is 1. The molecular weight excluding hydrogens is 234 g/mol. The number of nitrogens with one attached hydrogen (secondary N) is 1. The van der Waals surface area contributed by atoms with Crippen LogP contribution in [-0.4, -0.2) is 25.1 Å². The Labute approximate surface area is 118 Å². The predicted molar refractivity (Wildman–Crippen MR) is 83.6 cm³/mol. The first-order valence-corrected chi connectivity index (χ1v) is 7.32. The van der Waals surface area contributed by atoms with Crippen LogP contribution in [0.1, 0.15) is 46.4 Å². The van der Waals surface area contributed by atoms with Gasteiger partial charge in [-0.15, -0.1) is 0 Å². The van der Waals surface area contributed by atoms with Crippen molar-refractivity contribution in [3.63, 3.8) is 0 Å². The molecule has 0 aliphatic carbocycles. The van der Waals surface area contributed by atoms with E-state index in [0.29, 0.717) is 17.9 Å². The summed E-state index contributed by atoms with van der Waals surface area (Å²) in [6.45, 7) is 13.3. The van der Waals surface area contributed by atoms with E-state index in [9.17, 15) is 0 Å². The summed E-state index contributed by atoms with van der Waals surface area (Å²) in [5, 5.41) is 3.22. The van der Waals surface area contributed by atoms with Gasteiger partial charge in [0.05, 0.1) is 17.6 Å². The molecule has 1 atom stereocenters. The van der Waals surface area contributed by atoms with Gasteiger partial charge in [-0.3, -0.25) is 4.98 Å². The fourth-order valence-electron chi connectivity index (χ4n) is 2.16. The molecule has 0 saturated carbocycles. The van der Waals surface area contributed by atoms with E-state index in [-0.39, 0.29) is 0 Å². The second-order valence-electron chi connectivity index (χ2n) is 6.14. The Balaban J connectivity index is 2.84. The Kier molecular flexibility index (Phi) is 6.29. The summed E-state index contributed by atoms with van der Waals surface area (Å²) in [4.78, 5) is 7.02. The molecule has 0 radical (unpaired) electrons.